The molecule has 9 nitrogen and oxygen atoms in total. The van der Waals surface area contributed by atoms with Crippen LogP contribution in [0, 0.1) is 0 Å². The number of rotatable bonds is 5. The predicted octanol–water partition coefficient (Wildman–Crippen LogP) is 1.38. The summed E-state index contributed by atoms with van der Waals surface area (Å²) in [5.41, 5.74) is 11.0. The summed E-state index contributed by atoms with van der Waals surface area (Å²) in [6.07, 6.45) is 0. The molecule has 0 unspecified atom stereocenters. The number of nitrogens with one attached hydrogen (secondary N) is 2. The highest BCUT2D eigenvalue weighted by atomic mass is 32.1. The molecule has 0 bridgehead atoms. The topological polar surface area (TPSA) is 154 Å². The third-order valence-electron chi connectivity index (χ3n) is 3.02. The van der Waals surface area contributed by atoms with Crippen LogP contribution < -0.4 is 22.1 Å². The number of hydrogen-bond donors (Lipinski definition) is 4. The molecule has 2 rings (SSSR count). The highest BCUT2D eigenvalue weighted by Crippen LogP contribution is 2.28. The van der Waals surface area contributed by atoms with Crippen molar-refractivity contribution in [1.82, 2.24) is 0 Å². The number of ether oxygens (including phenoxy) is 1. The van der Waals surface area contributed by atoms with Crippen LogP contribution in [0.2, 0.25) is 0 Å². The van der Waals surface area contributed by atoms with E-state index in [1.807, 2.05) is 0 Å². The lowest BCUT2D eigenvalue weighted by Gasteiger charge is -2.04. The van der Waals surface area contributed by atoms with E-state index in [2.05, 4.69) is 15.4 Å². The summed E-state index contributed by atoms with van der Waals surface area (Å²) >= 11 is 0.856. The van der Waals surface area contributed by atoms with Crippen LogP contribution in [0.5, 0.6) is 0 Å². The van der Waals surface area contributed by atoms with Gasteiger partial charge in [0.25, 0.3) is 11.8 Å². The van der Waals surface area contributed by atoms with Crippen LogP contribution in [-0.4, -0.2) is 30.9 Å². The number of benzene rings is 1. The predicted molar refractivity (Wildman–Crippen MR) is 91.8 cm³/mol. The van der Waals surface area contributed by atoms with Crippen LogP contribution >= 0.6 is 11.3 Å². The standard InChI is InChI=1S/C15H14N4O5S/c1-24-14(22)7-2-4-8(5-3-7)18-12(21)10-6-9(11(16)20)13(25-10)19-15(17)23/h2-6H,1H3,(H2,16,20)(H,18,21)(H3,17,19,23). The van der Waals surface area contributed by atoms with Crippen LogP contribution in [0.15, 0.2) is 30.3 Å². The Morgan fingerprint density at radius 2 is 1.68 bits per heavy atom. The van der Waals surface area contributed by atoms with Gasteiger partial charge in [-0.05, 0) is 30.3 Å². The van der Waals surface area contributed by atoms with E-state index in [0.717, 1.165) is 11.3 Å². The Balaban J connectivity index is 2.19. The normalized spacial score (nSPS) is 9.96. The van der Waals surface area contributed by atoms with E-state index in [-0.39, 0.29) is 15.4 Å². The summed E-state index contributed by atoms with van der Waals surface area (Å²) in [6, 6.07) is 6.41. The molecule has 10 heteroatoms. The largest absolute Gasteiger partial charge is 0.465 e. The number of carbonyl (C=O) groups excluding carboxylic acids is 4. The Bertz CT molecular complexity index is 844. The number of esters is 1. The number of primary amides is 2. The minimum absolute atomic E-state index is 0.0185. The molecule has 6 N–H and O–H groups in total. The molecular weight excluding hydrogens is 348 g/mol. The van der Waals surface area contributed by atoms with Gasteiger partial charge in [0.05, 0.1) is 23.1 Å². The van der Waals surface area contributed by atoms with Crippen molar-refractivity contribution in [3.05, 3.63) is 46.3 Å². The number of amides is 4. The van der Waals surface area contributed by atoms with E-state index in [1.54, 1.807) is 0 Å². The summed E-state index contributed by atoms with van der Waals surface area (Å²) < 4.78 is 4.58. The van der Waals surface area contributed by atoms with Crippen molar-refractivity contribution < 1.29 is 23.9 Å². The molecule has 1 aromatic carbocycles. The van der Waals surface area contributed by atoms with Crippen LogP contribution in [0.3, 0.4) is 0 Å². The summed E-state index contributed by atoms with van der Waals surface area (Å²) in [5.74, 6) is -1.82. The minimum Gasteiger partial charge on any atom is -0.465 e. The van der Waals surface area contributed by atoms with Crippen molar-refractivity contribution in [2.75, 3.05) is 17.7 Å². The average Bonchev–Trinajstić information content (AvgIpc) is 2.98. The summed E-state index contributed by atoms with van der Waals surface area (Å²) in [4.78, 5) is 46.1. The SMILES string of the molecule is COC(=O)c1ccc(NC(=O)c2cc(C(N)=O)c(NC(N)=O)s2)cc1. The van der Waals surface area contributed by atoms with Crippen molar-refractivity contribution in [2.45, 2.75) is 0 Å². The molecule has 1 aromatic heterocycles. The molecule has 25 heavy (non-hydrogen) atoms. The first-order valence-electron chi connectivity index (χ1n) is 6.81. The van der Waals surface area contributed by atoms with Gasteiger partial charge in [-0.25, -0.2) is 9.59 Å². The minimum atomic E-state index is -0.880. The van der Waals surface area contributed by atoms with Crippen molar-refractivity contribution >= 4 is 45.8 Å². The van der Waals surface area contributed by atoms with Crippen molar-refractivity contribution in [2.24, 2.45) is 11.5 Å². The Morgan fingerprint density at radius 1 is 1.04 bits per heavy atom. The molecule has 2 aromatic rings. The lowest BCUT2D eigenvalue weighted by molar-refractivity contribution is 0.0600. The van der Waals surface area contributed by atoms with Crippen LogP contribution in [0.25, 0.3) is 0 Å². The number of methoxy groups -OCH3 is 1. The Kier molecular flexibility index (Phi) is 5.35. The maximum absolute atomic E-state index is 12.3. The number of carbonyl (C=O) groups is 4. The summed E-state index contributed by atoms with van der Waals surface area (Å²) in [7, 11) is 1.27. The second-order valence-corrected chi connectivity index (χ2v) is 5.78. The van der Waals surface area contributed by atoms with Gasteiger partial charge in [0, 0.05) is 5.69 Å². The zero-order valence-electron chi connectivity index (χ0n) is 13.0. The first-order valence-corrected chi connectivity index (χ1v) is 7.63. The fourth-order valence-corrected chi connectivity index (χ4v) is 2.85. The van der Waals surface area contributed by atoms with Gasteiger partial charge < -0.3 is 21.5 Å². The lowest BCUT2D eigenvalue weighted by atomic mass is 10.2. The molecule has 1 heterocycles. The Morgan fingerprint density at radius 3 is 2.20 bits per heavy atom. The highest BCUT2D eigenvalue weighted by Gasteiger charge is 2.19. The molecule has 0 saturated carbocycles. The summed E-state index contributed by atoms with van der Waals surface area (Å²) in [6.45, 7) is 0. The van der Waals surface area contributed by atoms with Gasteiger partial charge in [-0.2, -0.15) is 0 Å². The second-order valence-electron chi connectivity index (χ2n) is 4.73. The van der Waals surface area contributed by atoms with Crippen molar-refractivity contribution in [1.29, 1.82) is 0 Å². The molecular formula is C15H14N4O5S. The fourth-order valence-electron chi connectivity index (χ4n) is 1.89. The van der Waals surface area contributed by atoms with Gasteiger partial charge in [0.2, 0.25) is 0 Å². The first-order chi connectivity index (χ1) is 11.8. The number of anilines is 2. The molecule has 0 spiro atoms. The monoisotopic (exact) mass is 362 g/mol. The second kappa shape index (κ2) is 7.45. The van der Waals surface area contributed by atoms with Gasteiger partial charge in [-0.1, -0.05) is 0 Å². The van der Waals surface area contributed by atoms with Gasteiger partial charge in [-0.15, -0.1) is 11.3 Å². The molecule has 4 amide bonds. The molecule has 0 fully saturated rings. The average molecular weight is 362 g/mol. The Hall–Kier alpha value is -3.40. The molecule has 0 aliphatic rings. The lowest BCUT2D eigenvalue weighted by Crippen LogP contribution is -2.21. The van der Waals surface area contributed by atoms with Gasteiger partial charge in [0.1, 0.15) is 5.00 Å². The van der Waals surface area contributed by atoms with Gasteiger partial charge in [-0.3, -0.25) is 14.9 Å². The number of nitrogens with two attached hydrogens (primary N) is 2. The van der Waals surface area contributed by atoms with E-state index < -0.39 is 23.8 Å². The smallest absolute Gasteiger partial charge is 0.337 e. The molecule has 0 saturated heterocycles. The quantitative estimate of drug-likeness (QED) is 0.592. The van der Waals surface area contributed by atoms with Crippen LogP contribution in [-0.2, 0) is 4.74 Å². The zero-order valence-corrected chi connectivity index (χ0v) is 13.8. The van der Waals surface area contributed by atoms with Crippen molar-refractivity contribution in [3.8, 4) is 0 Å². The number of hydrogen-bond acceptors (Lipinski definition) is 6. The van der Waals surface area contributed by atoms with E-state index >= 15 is 0 Å². The maximum Gasteiger partial charge on any atom is 0.337 e. The van der Waals surface area contributed by atoms with Gasteiger partial charge >= 0.3 is 12.0 Å². The van der Waals surface area contributed by atoms with E-state index in [1.165, 1.54) is 37.4 Å². The molecule has 0 aliphatic heterocycles. The van der Waals surface area contributed by atoms with Gasteiger partial charge in [0.15, 0.2) is 0 Å². The Labute approximate surface area is 145 Å². The van der Waals surface area contributed by atoms with E-state index in [4.69, 9.17) is 11.5 Å². The van der Waals surface area contributed by atoms with Crippen molar-refractivity contribution in [3.63, 3.8) is 0 Å². The molecule has 130 valence electrons. The first kappa shape index (κ1) is 17.9. The number of thiophene rings is 1. The number of urea groups is 1. The molecule has 0 atom stereocenters. The third kappa shape index (κ3) is 4.32. The maximum atomic E-state index is 12.3. The highest BCUT2D eigenvalue weighted by molar-refractivity contribution is 7.18. The zero-order chi connectivity index (χ0) is 18.6. The third-order valence-corrected chi connectivity index (χ3v) is 4.07. The van der Waals surface area contributed by atoms with E-state index in [9.17, 15) is 19.2 Å². The fraction of sp³-hybridized carbons (Fsp3) is 0.0667. The molecule has 0 radical (unpaired) electrons. The van der Waals surface area contributed by atoms with E-state index in [0.29, 0.717) is 11.3 Å². The van der Waals surface area contributed by atoms with Crippen LogP contribution in [0.4, 0.5) is 15.5 Å². The summed E-state index contributed by atoms with van der Waals surface area (Å²) in [5, 5.41) is 4.93. The molecule has 0 aliphatic carbocycles. The van der Waals surface area contributed by atoms with Crippen LogP contribution in [0.1, 0.15) is 30.4 Å².